The molecule has 1 atom stereocenters. The highest BCUT2D eigenvalue weighted by Gasteiger charge is 2.23. The molecule has 0 fully saturated rings. The maximum atomic E-state index is 11.8. The molecule has 0 aliphatic carbocycles. The molecule has 0 saturated heterocycles. The zero-order valence-electron chi connectivity index (χ0n) is 11.7. The van der Waals surface area contributed by atoms with E-state index in [2.05, 4.69) is 0 Å². The lowest BCUT2D eigenvalue weighted by atomic mass is 10.1. The number of fused-ring (bicyclic) bond motifs is 1. The van der Waals surface area contributed by atoms with Gasteiger partial charge in [0.25, 0.3) is 0 Å². The van der Waals surface area contributed by atoms with Crippen molar-refractivity contribution in [2.75, 3.05) is 13.2 Å². The zero-order valence-corrected chi connectivity index (χ0v) is 11.7. The van der Waals surface area contributed by atoms with Crippen molar-refractivity contribution in [3.8, 4) is 11.5 Å². The minimum Gasteiger partial charge on any atom is -0.486 e. The molecule has 5 heteroatoms. The zero-order chi connectivity index (χ0) is 14.5. The van der Waals surface area contributed by atoms with E-state index >= 15 is 0 Å². The summed E-state index contributed by atoms with van der Waals surface area (Å²) in [5.74, 6) is 0.883. The van der Waals surface area contributed by atoms with Crippen molar-refractivity contribution in [2.45, 2.75) is 32.8 Å². The smallest absolute Gasteiger partial charge is 0.302 e. The minimum atomic E-state index is -0.347. The van der Waals surface area contributed by atoms with Crippen LogP contribution in [-0.2, 0) is 9.53 Å². The summed E-state index contributed by atoms with van der Waals surface area (Å²) in [5.41, 5.74) is 0.632. The minimum absolute atomic E-state index is 0.0981. The molecule has 108 valence electrons. The van der Waals surface area contributed by atoms with E-state index in [1.54, 1.807) is 18.2 Å². The average Bonchev–Trinajstić information content (AvgIpc) is 2.44. The molecule has 20 heavy (non-hydrogen) atoms. The number of ketones is 1. The Bertz CT molecular complexity index is 509. The summed E-state index contributed by atoms with van der Waals surface area (Å²) in [6.07, 6.45) is 1.02. The lowest BCUT2D eigenvalue weighted by molar-refractivity contribution is -0.144. The molecule has 1 aliphatic heterocycles. The van der Waals surface area contributed by atoms with Gasteiger partial charge in [0.2, 0.25) is 0 Å². The summed E-state index contributed by atoms with van der Waals surface area (Å²) in [5, 5.41) is 0. The third kappa shape index (κ3) is 3.50. The van der Waals surface area contributed by atoms with Crippen molar-refractivity contribution < 1.29 is 23.8 Å². The van der Waals surface area contributed by atoms with E-state index in [1.807, 2.05) is 6.92 Å². The van der Waals surface area contributed by atoms with E-state index in [4.69, 9.17) is 14.2 Å². The fourth-order valence-electron chi connectivity index (χ4n) is 1.95. The molecular weight excluding hydrogens is 260 g/mol. The van der Waals surface area contributed by atoms with E-state index in [0.717, 1.165) is 6.42 Å². The molecule has 0 spiro atoms. The number of carbonyl (C=O) groups excluding carboxylic acids is 2. The molecule has 1 unspecified atom stereocenters. The van der Waals surface area contributed by atoms with Crippen molar-refractivity contribution in [1.82, 2.24) is 0 Å². The molecule has 1 aromatic rings. The average molecular weight is 278 g/mol. The summed E-state index contributed by atoms with van der Waals surface area (Å²) in [6.45, 7) is 3.77. The second-order valence-electron chi connectivity index (χ2n) is 4.69. The van der Waals surface area contributed by atoms with Gasteiger partial charge < -0.3 is 14.2 Å². The third-order valence-corrected chi connectivity index (χ3v) is 2.93. The van der Waals surface area contributed by atoms with Gasteiger partial charge >= 0.3 is 5.97 Å². The Morgan fingerprint density at radius 3 is 2.85 bits per heavy atom. The van der Waals surface area contributed by atoms with Crippen LogP contribution in [0.4, 0.5) is 0 Å². The van der Waals surface area contributed by atoms with Gasteiger partial charge in [-0.2, -0.15) is 0 Å². The van der Waals surface area contributed by atoms with Crippen LogP contribution in [0.15, 0.2) is 18.2 Å². The number of carbonyl (C=O) groups is 2. The number of esters is 1. The molecular formula is C15H18O5. The number of rotatable bonds is 5. The van der Waals surface area contributed by atoms with Crippen molar-refractivity contribution >= 4 is 11.8 Å². The lowest BCUT2D eigenvalue weighted by Crippen LogP contribution is -2.34. The molecule has 0 N–H and O–H groups in total. The van der Waals surface area contributed by atoms with E-state index < -0.39 is 0 Å². The molecule has 0 saturated carbocycles. The fourth-order valence-corrected chi connectivity index (χ4v) is 1.95. The first-order chi connectivity index (χ1) is 9.60. The van der Waals surface area contributed by atoms with Crippen LogP contribution in [0, 0.1) is 0 Å². The Balaban J connectivity index is 2.03. The van der Waals surface area contributed by atoms with Crippen molar-refractivity contribution in [3.63, 3.8) is 0 Å². The molecule has 0 bridgehead atoms. The molecule has 0 radical (unpaired) electrons. The molecule has 1 aliphatic rings. The molecule has 0 aromatic heterocycles. The van der Waals surface area contributed by atoms with Crippen LogP contribution in [0.2, 0.25) is 0 Å². The highest BCUT2D eigenvalue weighted by molar-refractivity contribution is 5.96. The molecule has 1 aromatic carbocycles. The van der Waals surface area contributed by atoms with E-state index in [-0.39, 0.29) is 24.5 Å². The fraction of sp³-hybridized carbons (Fsp3) is 0.467. The van der Waals surface area contributed by atoms with Crippen LogP contribution in [0.3, 0.4) is 0 Å². The van der Waals surface area contributed by atoms with E-state index in [0.29, 0.717) is 30.1 Å². The maximum Gasteiger partial charge on any atom is 0.302 e. The molecule has 2 rings (SSSR count). The topological polar surface area (TPSA) is 61.8 Å². The number of ether oxygens (including phenoxy) is 3. The summed E-state index contributed by atoms with van der Waals surface area (Å²) in [6, 6.07) is 5.15. The predicted octanol–water partition coefficient (Wildman–Crippen LogP) is 2.37. The van der Waals surface area contributed by atoms with E-state index in [9.17, 15) is 9.59 Å². The van der Waals surface area contributed by atoms with Gasteiger partial charge in [-0.25, -0.2) is 0 Å². The quantitative estimate of drug-likeness (QED) is 0.611. The third-order valence-electron chi connectivity index (χ3n) is 2.93. The van der Waals surface area contributed by atoms with Gasteiger partial charge in [0.1, 0.15) is 13.2 Å². The molecule has 1 heterocycles. The lowest BCUT2D eigenvalue weighted by Gasteiger charge is -2.26. The first kappa shape index (κ1) is 14.4. The largest absolute Gasteiger partial charge is 0.486 e. The van der Waals surface area contributed by atoms with Crippen molar-refractivity contribution in [2.24, 2.45) is 0 Å². The van der Waals surface area contributed by atoms with Gasteiger partial charge in [-0.1, -0.05) is 6.92 Å². The Labute approximate surface area is 117 Å². The van der Waals surface area contributed by atoms with Gasteiger partial charge in [-0.3, -0.25) is 9.59 Å². The van der Waals surface area contributed by atoms with Crippen LogP contribution in [0.1, 0.15) is 37.0 Å². The van der Waals surface area contributed by atoms with Gasteiger partial charge in [0.15, 0.2) is 23.4 Å². The monoisotopic (exact) mass is 278 g/mol. The van der Waals surface area contributed by atoms with Gasteiger partial charge in [0.05, 0.1) is 0 Å². The van der Waals surface area contributed by atoms with Crippen LogP contribution in [0.25, 0.3) is 0 Å². The van der Waals surface area contributed by atoms with Crippen molar-refractivity contribution in [3.05, 3.63) is 23.8 Å². The van der Waals surface area contributed by atoms with Crippen LogP contribution >= 0.6 is 0 Å². The molecule has 5 nitrogen and oxygen atoms in total. The first-order valence-electron chi connectivity index (χ1n) is 6.70. The first-order valence-corrected chi connectivity index (χ1v) is 6.70. The van der Waals surface area contributed by atoms with Crippen LogP contribution in [-0.4, -0.2) is 31.1 Å². The number of hydrogen-bond donors (Lipinski definition) is 0. The Morgan fingerprint density at radius 1 is 1.35 bits per heavy atom. The van der Waals surface area contributed by atoms with Crippen molar-refractivity contribution in [1.29, 1.82) is 0 Å². The van der Waals surface area contributed by atoms with E-state index in [1.165, 1.54) is 6.92 Å². The summed E-state index contributed by atoms with van der Waals surface area (Å²) in [7, 11) is 0. The highest BCUT2D eigenvalue weighted by atomic mass is 16.6. The maximum absolute atomic E-state index is 11.8. The second kappa shape index (κ2) is 6.41. The van der Waals surface area contributed by atoms with Gasteiger partial charge in [-0.15, -0.1) is 0 Å². The standard InChI is InChI=1S/C15H18O5/c1-3-4-13(17)11-5-6-14-15(7-11)19-9-12(20-14)8-18-10(2)16/h5-7,12H,3-4,8-9H2,1-2H3. The summed E-state index contributed by atoms with van der Waals surface area (Å²) >= 11 is 0. The number of benzene rings is 1. The van der Waals surface area contributed by atoms with Crippen LogP contribution in [0.5, 0.6) is 11.5 Å². The van der Waals surface area contributed by atoms with Gasteiger partial charge in [-0.05, 0) is 24.6 Å². The Morgan fingerprint density at radius 2 is 2.15 bits per heavy atom. The van der Waals surface area contributed by atoms with Gasteiger partial charge in [0, 0.05) is 18.9 Å². The summed E-state index contributed by atoms with van der Waals surface area (Å²) < 4.78 is 16.1. The Kier molecular flexibility index (Phi) is 4.61. The second-order valence-corrected chi connectivity index (χ2v) is 4.69. The normalized spacial score (nSPS) is 16.6. The Hall–Kier alpha value is -2.04. The SMILES string of the molecule is CCCC(=O)c1ccc2c(c1)OCC(COC(C)=O)O2. The van der Waals surface area contributed by atoms with Crippen LogP contribution < -0.4 is 9.47 Å². The molecule has 0 amide bonds. The number of Topliss-reactive ketones (excluding diaryl/α,β-unsaturated/α-hetero) is 1. The summed E-state index contributed by atoms with van der Waals surface area (Å²) in [4.78, 5) is 22.6. The highest BCUT2D eigenvalue weighted by Crippen LogP contribution is 2.33. The number of hydrogen-bond acceptors (Lipinski definition) is 5. The predicted molar refractivity (Wildman–Crippen MR) is 72.2 cm³/mol.